The van der Waals surface area contributed by atoms with Crippen molar-refractivity contribution in [1.82, 2.24) is 5.32 Å². The van der Waals surface area contributed by atoms with Gasteiger partial charge in [0.25, 0.3) is 0 Å². The minimum absolute atomic E-state index is 0.133. The number of nitrogens with zero attached hydrogens (tertiary/aromatic N) is 2. The Morgan fingerprint density at radius 2 is 1.88 bits per heavy atom. The first-order valence-electron chi connectivity index (χ1n) is 10.4. The van der Waals surface area contributed by atoms with Crippen LogP contribution in [0.4, 0.5) is 0 Å². The predicted molar refractivity (Wildman–Crippen MR) is 138 cm³/mol. The van der Waals surface area contributed by atoms with Gasteiger partial charge in [0.05, 0.1) is 18.6 Å². The van der Waals surface area contributed by atoms with E-state index in [1.807, 2.05) is 54.6 Å². The quantitative estimate of drug-likeness (QED) is 0.307. The molecule has 1 saturated heterocycles. The lowest BCUT2D eigenvalue weighted by Gasteiger charge is -2.11. The third kappa shape index (κ3) is 6.32. The molecule has 1 N–H and O–H groups in total. The van der Waals surface area contributed by atoms with Gasteiger partial charge in [0.1, 0.15) is 6.61 Å². The number of methoxy groups -OCH3 is 1. The van der Waals surface area contributed by atoms with Crippen LogP contribution in [0.5, 0.6) is 11.5 Å². The van der Waals surface area contributed by atoms with Gasteiger partial charge in [-0.1, -0.05) is 71.4 Å². The van der Waals surface area contributed by atoms with Gasteiger partial charge < -0.3 is 14.8 Å². The van der Waals surface area contributed by atoms with Gasteiger partial charge in [0.15, 0.2) is 16.7 Å². The van der Waals surface area contributed by atoms with Crippen molar-refractivity contribution in [3.05, 3.63) is 93.5 Å². The maximum Gasteiger partial charge on any atom is 0.239 e. The molecule has 3 aromatic rings. The molecule has 34 heavy (non-hydrogen) atoms. The Balaban J connectivity index is 1.37. The minimum Gasteiger partial charge on any atom is -0.493 e. The van der Waals surface area contributed by atoms with E-state index >= 15 is 0 Å². The number of carbonyl (C=O) groups excluding carboxylic acids is 1. The number of hydrogen-bond acceptors (Lipinski definition) is 6. The number of halogens is 2. The van der Waals surface area contributed by atoms with Gasteiger partial charge in [-0.25, -0.2) is 0 Å². The second kappa shape index (κ2) is 11.4. The first-order chi connectivity index (χ1) is 16.5. The van der Waals surface area contributed by atoms with Crippen LogP contribution in [0, 0.1) is 0 Å². The summed E-state index contributed by atoms with van der Waals surface area (Å²) in [6.45, 7) is 0.442. The summed E-state index contributed by atoms with van der Waals surface area (Å²) in [7, 11) is 1.59. The fourth-order valence-electron chi connectivity index (χ4n) is 3.24. The second-order valence-electron chi connectivity index (χ2n) is 7.37. The second-order valence-corrected chi connectivity index (χ2v) is 9.40. The summed E-state index contributed by atoms with van der Waals surface area (Å²) in [6.07, 6.45) is 2.06. The van der Waals surface area contributed by atoms with Gasteiger partial charge in [0.2, 0.25) is 5.91 Å². The number of ether oxygens (including phenoxy) is 2. The van der Waals surface area contributed by atoms with E-state index in [2.05, 4.69) is 15.5 Å². The molecule has 1 atom stereocenters. The predicted octanol–water partition coefficient (Wildman–Crippen LogP) is 5.75. The average molecular weight is 514 g/mol. The van der Waals surface area contributed by atoms with Crippen LogP contribution in [0.1, 0.15) is 16.7 Å². The molecular weight excluding hydrogens is 493 g/mol. The van der Waals surface area contributed by atoms with E-state index in [1.54, 1.807) is 25.5 Å². The Bertz CT molecular complexity index is 1240. The Hall–Kier alpha value is -3.00. The number of amidine groups is 1. The number of amides is 1. The molecule has 6 nitrogen and oxygen atoms in total. The Labute approximate surface area is 212 Å². The van der Waals surface area contributed by atoms with Crippen LogP contribution < -0.4 is 14.8 Å². The lowest BCUT2D eigenvalue weighted by molar-refractivity contribution is -0.118. The van der Waals surface area contributed by atoms with Crippen molar-refractivity contribution < 1.29 is 14.3 Å². The first-order valence-corrected chi connectivity index (χ1v) is 12.0. The highest BCUT2D eigenvalue weighted by Crippen LogP contribution is 2.29. The summed E-state index contributed by atoms with van der Waals surface area (Å²) in [4.78, 5) is 12.3. The van der Waals surface area contributed by atoms with Crippen LogP contribution in [0.15, 0.2) is 76.9 Å². The van der Waals surface area contributed by atoms with Crippen molar-refractivity contribution in [3.8, 4) is 11.5 Å². The molecule has 9 heteroatoms. The van der Waals surface area contributed by atoms with Crippen molar-refractivity contribution in [2.24, 2.45) is 10.2 Å². The highest BCUT2D eigenvalue weighted by molar-refractivity contribution is 8.15. The van der Waals surface area contributed by atoms with Crippen molar-refractivity contribution in [3.63, 3.8) is 0 Å². The maximum absolute atomic E-state index is 12.3. The highest BCUT2D eigenvalue weighted by Gasteiger charge is 2.31. The average Bonchev–Trinajstić information content (AvgIpc) is 3.19. The molecule has 1 aliphatic heterocycles. The smallest absolute Gasteiger partial charge is 0.239 e. The van der Waals surface area contributed by atoms with E-state index in [0.29, 0.717) is 39.7 Å². The summed E-state index contributed by atoms with van der Waals surface area (Å²) in [5.41, 5.74) is 2.70. The highest BCUT2D eigenvalue weighted by atomic mass is 35.5. The van der Waals surface area contributed by atoms with E-state index in [1.165, 1.54) is 11.8 Å². The lowest BCUT2D eigenvalue weighted by atomic mass is 10.1. The van der Waals surface area contributed by atoms with E-state index in [-0.39, 0.29) is 11.2 Å². The summed E-state index contributed by atoms with van der Waals surface area (Å²) in [6, 6.07) is 20.7. The molecule has 0 spiro atoms. The zero-order chi connectivity index (χ0) is 23.9. The van der Waals surface area contributed by atoms with E-state index < -0.39 is 0 Å². The molecule has 0 saturated carbocycles. The molecule has 4 rings (SSSR count). The zero-order valence-corrected chi connectivity index (χ0v) is 20.5. The van der Waals surface area contributed by atoms with Crippen molar-refractivity contribution in [1.29, 1.82) is 0 Å². The van der Waals surface area contributed by atoms with Crippen LogP contribution in [-0.4, -0.2) is 29.6 Å². The van der Waals surface area contributed by atoms with Gasteiger partial charge in [-0.3, -0.25) is 4.79 Å². The first kappa shape index (κ1) is 24.1. The SMILES string of the molecule is COc1cc(C=N/N=C2\NC(=O)C(Cc3ccc(Cl)cc3Cl)S2)ccc1OCc1ccccc1. The number of hydrogen-bond donors (Lipinski definition) is 1. The summed E-state index contributed by atoms with van der Waals surface area (Å²) < 4.78 is 11.3. The molecule has 1 aliphatic rings. The fourth-order valence-corrected chi connectivity index (χ4v) is 4.68. The third-order valence-corrected chi connectivity index (χ3v) is 6.64. The van der Waals surface area contributed by atoms with Gasteiger partial charge in [0, 0.05) is 10.0 Å². The van der Waals surface area contributed by atoms with E-state index in [4.69, 9.17) is 32.7 Å². The molecule has 174 valence electrons. The Morgan fingerprint density at radius 3 is 2.65 bits per heavy atom. The number of nitrogens with one attached hydrogen (secondary N) is 1. The number of carbonyl (C=O) groups is 1. The summed E-state index contributed by atoms with van der Waals surface area (Å²) >= 11 is 13.5. The van der Waals surface area contributed by atoms with Crippen molar-refractivity contribution >= 4 is 52.3 Å². The number of thioether (sulfide) groups is 1. The molecule has 0 bridgehead atoms. The van der Waals surface area contributed by atoms with E-state index in [9.17, 15) is 4.79 Å². The molecule has 0 aliphatic carbocycles. The molecule has 1 amide bonds. The molecule has 1 fully saturated rings. The van der Waals surface area contributed by atoms with Gasteiger partial charge in [-0.2, -0.15) is 5.10 Å². The van der Waals surface area contributed by atoms with Crippen LogP contribution >= 0.6 is 35.0 Å². The van der Waals surface area contributed by atoms with Gasteiger partial charge in [-0.15, -0.1) is 5.10 Å². The third-order valence-electron chi connectivity index (χ3n) is 4.98. The van der Waals surface area contributed by atoms with Crippen LogP contribution in [0.25, 0.3) is 0 Å². The van der Waals surface area contributed by atoms with Crippen LogP contribution in [0.3, 0.4) is 0 Å². The maximum atomic E-state index is 12.3. The normalized spacial score (nSPS) is 16.7. The molecule has 0 aromatic heterocycles. The van der Waals surface area contributed by atoms with Crippen LogP contribution in [-0.2, 0) is 17.8 Å². The molecule has 0 radical (unpaired) electrons. The Kier molecular flexibility index (Phi) is 8.11. The zero-order valence-electron chi connectivity index (χ0n) is 18.2. The fraction of sp³-hybridized carbons (Fsp3) is 0.160. The summed E-state index contributed by atoms with van der Waals surface area (Å²) in [5, 5.41) is 12.2. The topological polar surface area (TPSA) is 72.3 Å². The Morgan fingerprint density at radius 1 is 1.06 bits per heavy atom. The number of benzene rings is 3. The lowest BCUT2D eigenvalue weighted by Crippen LogP contribution is -2.26. The van der Waals surface area contributed by atoms with Crippen LogP contribution in [0.2, 0.25) is 10.0 Å². The molecular formula is C25H21Cl2N3O3S. The largest absolute Gasteiger partial charge is 0.493 e. The summed E-state index contributed by atoms with van der Waals surface area (Å²) in [5.74, 6) is 1.10. The minimum atomic E-state index is -0.339. The van der Waals surface area contributed by atoms with Crippen molar-refractivity contribution in [2.45, 2.75) is 18.3 Å². The van der Waals surface area contributed by atoms with Crippen molar-refractivity contribution in [2.75, 3.05) is 7.11 Å². The number of rotatable bonds is 8. The molecule has 3 aromatic carbocycles. The van der Waals surface area contributed by atoms with Gasteiger partial charge >= 0.3 is 0 Å². The molecule has 1 unspecified atom stereocenters. The van der Waals surface area contributed by atoms with Gasteiger partial charge in [-0.05, 0) is 53.4 Å². The van der Waals surface area contributed by atoms with E-state index in [0.717, 1.165) is 16.7 Å². The monoisotopic (exact) mass is 513 g/mol. The molecule has 1 heterocycles. The standard InChI is InChI=1S/C25H21Cl2N3O3S/c1-32-22-11-17(7-10-21(22)33-15-16-5-3-2-4-6-16)14-28-30-25-29-24(31)23(34-25)12-18-8-9-19(26)13-20(18)27/h2-11,13-14,23H,12,15H2,1H3,(H,29,30,31).